The zero-order valence-electron chi connectivity index (χ0n) is 10.7. The zero-order valence-corrected chi connectivity index (χ0v) is 10.7. The van der Waals surface area contributed by atoms with Crippen molar-refractivity contribution in [3.8, 4) is 0 Å². The molecule has 0 radical (unpaired) electrons. The van der Waals surface area contributed by atoms with Crippen LogP contribution in [-0.4, -0.2) is 31.7 Å². The van der Waals surface area contributed by atoms with Crippen LogP contribution < -0.4 is 10.6 Å². The number of amides is 1. The Bertz CT molecular complexity index is 383. The molecule has 1 aliphatic heterocycles. The summed E-state index contributed by atoms with van der Waals surface area (Å²) in [6.07, 6.45) is 2.15. The van der Waals surface area contributed by atoms with E-state index in [9.17, 15) is 4.79 Å². The molecule has 1 heterocycles. The molecule has 0 spiro atoms. The molecule has 1 atom stereocenters. The lowest BCUT2D eigenvalue weighted by atomic mass is 10.1. The zero-order chi connectivity index (χ0) is 12.8. The molecule has 1 fully saturated rings. The number of benzene rings is 1. The first-order valence-corrected chi connectivity index (χ1v) is 6.42. The molecule has 1 aliphatic rings. The van der Waals surface area contributed by atoms with Crippen LogP contribution in [0.5, 0.6) is 0 Å². The van der Waals surface area contributed by atoms with E-state index in [2.05, 4.69) is 10.6 Å². The molecule has 2 rings (SSSR count). The summed E-state index contributed by atoms with van der Waals surface area (Å²) in [6, 6.07) is 8.10. The van der Waals surface area contributed by atoms with E-state index in [1.54, 1.807) is 0 Å². The van der Waals surface area contributed by atoms with Crippen LogP contribution in [0.25, 0.3) is 0 Å². The van der Waals surface area contributed by atoms with Crippen molar-refractivity contribution in [3.63, 3.8) is 0 Å². The van der Waals surface area contributed by atoms with Gasteiger partial charge in [-0.1, -0.05) is 17.7 Å². The molecule has 0 saturated carbocycles. The lowest BCUT2D eigenvalue weighted by Crippen LogP contribution is -2.41. The van der Waals surface area contributed by atoms with Gasteiger partial charge in [0.1, 0.15) is 0 Å². The first-order valence-electron chi connectivity index (χ1n) is 6.42. The van der Waals surface area contributed by atoms with E-state index in [-0.39, 0.29) is 5.91 Å². The van der Waals surface area contributed by atoms with Crippen molar-refractivity contribution in [3.05, 3.63) is 29.8 Å². The van der Waals surface area contributed by atoms with E-state index < -0.39 is 0 Å². The van der Waals surface area contributed by atoms with Gasteiger partial charge in [0.05, 0.1) is 13.2 Å². The molecule has 0 aromatic heterocycles. The second-order valence-electron chi connectivity index (χ2n) is 4.71. The fourth-order valence-corrected chi connectivity index (χ4v) is 1.98. The van der Waals surface area contributed by atoms with Gasteiger partial charge in [-0.15, -0.1) is 0 Å². The van der Waals surface area contributed by atoms with Crippen molar-refractivity contribution in [2.75, 3.05) is 25.1 Å². The molecule has 4 heteroatoms. The average molecular weight is 248 g/mol. The number of carbonyl (C=O) groups is 1. The van der Waals surface area contributed by atoms with E-state index in [0.717, 1.165) is 25.1 Å². The molecular formula is C14H20N2O2. The molecule has 98 valence electrons. The number of ether oxygens (including phenoxy) is 1. The Kier molecular flexibility index (Phi) is 4.73. The molecule has 0 aliphatic carbocycles. The van der Waals surface area contributed by atoms with Gasteiger partial charge in [-0.3, -0.25) is 4.79 Å². The third-order valence-electron chi connectivity index (χ3n) is 3.05. The molecule has 4 nitrogen and oxygen atoms in total. The lowest BCUT2D eigenvalue weighted by Gasteiger charge is -2.22. The highest BCUT2D eigenvalue weighted by molar-refractivity contribution is 5.92. The Balaban J connectivity index is 1.73. The Morgan fingerprint density at radius 1 is 1.39 bits per heavy atom. The first-order chi connectivity index (χ1) is 8.74. The quantitative estimate of drug-likeness (QED) is 0.852. The smallest absolute Gasteiger partial charge is 0.238 e. The van der Waals surface area contributed by atoms with Crippen LogP contribution in [0.1, 0.15) is 18.4 Å². The van der Waals surface area contributed by atoms with Crippen LogP contribution in [0.3, 0.4) is 0 Å². The van der Waals surface area contributed by atoms with E-state index in [0.29, 0.717) is 19.2 Å². The fraction of sp³-hybridized carbons (Fsp3) is 0.500. The predicted octanol–water partition coefficient (Wildman–Crippen LogP) is 1.70. The summed E-state index contributed by atoms with van der Waals surface area (Å²) in [7, 11) is 0. The summed E-state index contributed by atoms with van der Waals surface area (Å²) in [5, 5.41) is 6.08. The van der Waals surface area contributed by atoms with E-state index in [1.165, 1.54) is 5.56 Å². The van der Waals surface area contributed by atoms with Crippen molar-refractivity contribution in [1.82, 2.24) is 5.32 Å². The maximum atomic E-state index is 11.7. The summed E-state index contributed by atoms with van der Waals surface area (Å²) in [5.74, 6) is -0.00979. The van der Waals surface area contributed by atoms with Gasteiger partial charge in [-0.05, 0) is 31.9 Å². The summed E-state index contributed by atoms with van der Waals surface area (Å²) in [4.78, 5) is 11.7. The van der Waals surface area contributed by atoms with Gasteiger partial charge in [-0.2, -0.15) is 0 Å². The average Bonchev–Trinajstić information content (AvgIpc) is 2.40. The Morgan fingerprint density at radius 2 is 2.17 bits per heavy atom. The number of nitrogens with one attached hydrogen (secondary N) is 2. The van der Waals surface area contributed by atoms with Gasteiger partial charge < -0.3 is 15.4 Å². The predicted molar refractivity (Wildman–Crippen MR) is 71.7 cm³/mol. The summed E-state index contributed by atoms with van der Waals surface area (Å²) in [5.41, 5.74) is 2.03. The molecule has 2 N–H and O–H groups in total. The summed E-state index contributed by atoms with van der Waals surface area (Å²) in [6.45, 7) is 3.91. The SMILES string of the molecule is Cc1ccc(NC(=O)CNC2CCCOC2)cc1. The normalized spacial score (nSPS) is 19.5. The van der Waals surface area contributed by atoms with Crippen LogP contribution in [0.2, 0.25) is 0 Å². The number of aryl methyl sites for hydroxylation is 1. The lowest BCUT2D eigenvalue weighted by molar-refractivity contribution is -0.115. The maximum absolute atomic E-state index is 11.7. The highest BCUT2D eigenvalue weighted by Gasteiger charge is 2.14. The second kappa shape index (κ2) is 6.52. The number of hydrogen-bond acceptors (Lipinski definition) is 3. The number of rotatable bonds is 4. The first kappa shape index (κ1) is 13.1. The van der Waals surface area contributed by atoms with Crippen molar-refractivity contribution >= 4 is 11.6 Å². The molecule has 1 aromatic rings. The van der Waals surface area contributed by atoms with Crippen LogP contribution >= 0.6 is 0 Å². The van der Waals surface area contributed by atoms with Gasteiger partial charge in [0.2, 0.25) is 5.91 Å². The van der Waals surface area contributed by atoms with E-state index >= 15 is 0 Å². The van der Waals surface area contributed by atoms with E-state index in [1.807, 2.05) is 31.2 Å². The standard InChI is InChI=1S/C14H20N2O2/c1-11-4-6-12(7-5-11)16-14(17)9-15-13-3-2-8-18-10-13/h4-7,13,15H,2-3,8-10H2,1H3,(H,16,17). The molecule has 1 amide bonds. The van der Waals surface area contributed by atoms with Gasteiger partial charge in [0, 0.05) is 18.3 Å². The number of carbonyl (C=O) groups excluding carboxylic acids is 1. The van der Waals surface area contributed by atoms with Crippen LogP contribution in [0.15, 0.2) is 24.3 Å². The topological polar surface area (TPSA) is 50.4 Å². The van der Waals surface area contributed by atoms with Gasteiger partial charge in [0.15, 0.2) is 0 Å². The Labute approximate surface area is 108 Å². The highest BCUT2D eigenvalue weighted by Crippen LogP contribution is 2.08. The van der Waals surface area contributed by atoms with Crippen molar-refractivity contribution in [2.24, 2.45) is 0 Å². The fourth-order valence-electron chi connectivity index (χ4n) is 1.98. The van der Waals surface area contributed by atoms with Crippen molar-refractivity contribution < 1.29 is 9.53 Å². The van der Waals surface area contributed by atoms with Crippen molar-refractivity contribution in [2.45, 2.75) is 25.8 Å². The van der Waals surface area contributed by atoms with Crippen LogP contribution in [0, 0.1) is 6.92 Å². The monoisotopic (exact) mass is 248 g/mol. The Morgan fingerprint density at radius 3 is 2.83 bits per heavy atom. The van der Waals surface area contributed by atoms with Crippen LogP contribution in [0.4, 0.5) is 5.69 Å². The molecule has 1 saturated heterocycles. The second-order valence-corrected chi connectivity index (χ2v) is 4.71. The molecule has 0 bridgehead atoms. The largest absolute Gasteiger partial charge is 0.380 e. The minimum Gasteiger partial charge on any atom is -0.380 e. The highest BCUT2D eigenvalue weighted by atomic mass is 16.5. The number of anilines is 1. The van der Waals surface area contributed by atoms with Gasteiger partial charge >= 0.3 is 0 Å². The number of hydrogen-bond donors (Lipinski definition) is 2. The third kappa shape index (κ3) is 4.13. The maximum Gasteiger partial charge on any atom is 0.238 e. The van der Waals surface area contributed by atoms with Gasteiger partial charge in [-0.25, -0.2) is 0 Å². The van der Waals surface area contributed by atoms with Gasteiger partial charge in [0.25, 0.3) is 0 Å². The van der Waals surface area contributed by atoms with Crippen molar-refractivity contribution in [1.29, 1.82) is 0 Å². The molecular weight excluding hydrogens is 228 g/mol. The summed E-state index contributed by atoms with van der Waals surface area (Å²) < 4.78 is 5.35. The minimum absolute atomic E-state index is 0.00979. The molecule has 18 heavy (non-hydrogen) atoms. The molecule has 1 unspecified atom stereocenters. The third-order valence-corrected chi connectivity index (χ3v) is 3.05. The minimum atomic E-state index is -0.00979. The van der Waals surface area contributed by atoms with Crippen LogP contribution in [-0.2, 0) is 9.53 Å². The summed E-state index contributed by atoms with van der Waals surface area (Å²) >= 11 is 0. The molecule has 1 aromatic carbocycles. The Hall–Kier alpha value is -1.39. The van der Waals surface area contributed by atoms with E-state index in [4.69, 9.17) is 4.74 Å².